The average molecular weight is 438 g/mol. The third kappa shape index (κ3) is 3.53. The van der Waals surface area contributed by atoms with Crippen molar-refractivity contribution < 1.29 is 27.9 Å². The predicted molar refractivity (Wildman–Crippen MR) is 123 cm³/mol. The van der Waals surface area contributed by atoms with Crippen LogP contribution >= 0.6 is 0 Å². The molecule has 1 aliphatic rings. The number of hydrogen-bond donors (Lipinski definition) is 0. The second-order valence-corrected chi connectivity index (χ2v) is 8.69. The molecule has 1 aliphatic heterocycles. The van der Waals surface area contributed by atoms with Gasteiger partial charge in [0.25, 0.3) is 0 Å². The highest BCUT2D eigenvalue weighted by Crippen LogP contribution is 2.39. The summed E-state index contributed by atoms with van der Waals surface area (Å²) in [5.74, 6) is 1.90. The summed E-state index contributed by atoms with van der Waals surface area (Å²) in [6, 6.07) is 10.4. The van der Waals surface area contributed by atoms with Gasteiger partial charge in [-0.2, -0.15) is 0 Å². The Kier molecular flexibility index (Phi) is 5.47. The first-order valence-corrected chi connectivity index (χ1v) is 10.3. The molecule has 0 N–H and O–H groups in total. The Morgan fingerprint density at radius 3 is 2.00 bits per heavy atom. The molecule has 1 aromatic heterocycles. The van der Waals surface area contributed by atoms with Crippen molar-refractivity contribution >= 4 is 23.6 Å². The van der Waals surface area contributed by atoms with Crippen molar-refractivity contribution in [3.63, 3.8) is 0 Å². The first-order chi connectivity index (χ1) is 15.1. The SMILES string of the molecule is COc1ccc(-c2cc(=O)c3c(OC)c(B4OC(C)(C)C(C)(C)O4)c(OC)cc3o2)cc1. The normalized spacial score (nSPS) is 16.9. The van der Waals surface area contributed by atoms with Crippen molar-refractivity contribution in [3.8, 4) is 28.6 Å². The Bertz CT molecular complexity index is 1200. The number of methoxy groups -OCH3 is 3. The smallest absolute Gasteiger partial charge is 0.497 e. The van der Waals surface area contributed by atoms with E-state index >= 15 is 0 Å². The molecule has 0 atom stereocenters. The van der Waals surface area contributed by atoms with Gasteiger partial charge in [0.05, 0.1) is 38.0 Å². The maximum atomic E-state index is 13.2. The van der Waals surface area contributed by atoms with Crippen LogP contribution in [0.3, 0.4) is 0 Å². The molecule has 0 spiro atoms. The van der Waals surface area contributed by atoms with Crippen molar-refractivity contribution in [2.45, 2.75) is 38.9 Å². The van der Waals surface area contributed by atoms with Crippen LogP contribution in [-0.2, 0) is 9.31 Å². The molecule has 0 aliphatic carbocycles. The minimum absolute atomic E-state index is 0.241. The van der Waals surface area contributed by atoms with E-state index in [-0.39, 0.29) is 5.43 Å². The van der Waals surface area contributed by atoms with Crippen LogP contribution in [0.1, 0.15) is 27.7 Å². The number of ether oxygens (including phenoxy) is 3. The van der Waals surface area contributed by atoms with Gasteiger partial charge in [-0.1, -0.05) is 0 Å². The van der Waals surface area contributed by atoms with Crippen molar-refractivity contribution in [1.82, 2.24) is 0 Å². The van der Waals surface area contributed by atoms with Crippen LogP contribution in [-0.4, -0.2) is 39.6 Å². The van der Waals surface area contributed by atoms with Gasteiger partial charge >= 0.3 is 7.12 Å². The van der Waals surface area contributed by atoms with Gasteiger partial charge in [-0.05, 0) is 52.0 Å². The molecular weight excluding hydrogens is 411 g/mol. The lowest BCUT2D eigenvalue weighted by Gasteiger charge is -2.32. The van der Waals surface area contributed by atoms with E-state index in [4.69, 9.17) is 27.9 Å². The number of fused-ring (bicyclic) bond motifs is 1. The molecule has 0 amide bonds. The summed E-state index contributed by atoms with van der Waals surface area (Å²) in [5, 5.41) is 0.301. The monoisotopic (exact) mass is 438 g/mol. The summed E-state index contributed by atoms with van der Waals surface area (Å²) in [4.78, 5) is 13.2. The zero-order valence-electron chi connectivity index (χ0n) is 19.4. The summed E-state index contributed by atoms with van der Waals surface area (Å²) < 4.78 is 35.1. The van der Waals surface area contributed by atoms with Crippen molar-refractivity contribution in [1.29, 1.82) is 0 Å². The van der Waals surface area contributed by atoms with E-state index < -0.39 is 18.3 Å². The van der Waals surface area contributed by atoms with Crippen LogP contribution in [0.5, 0.6) is 17.2 Å². The van der Waals surface area contributed by atoms with E-state index in [1.54, 1.807) is 20.3 Å². The molecule has 0 radical (unpaired) electrons. The summed E-state index contributed by atoms with van der Waals surface area (Å²) in [6.45, 7) is 7.84. The minimum Gasteiger partial charge on any atom is -0.497 e. The molecule has 4 rings (SSSR count). The predicted octanol–water partition coefficient (Wildman–Crippen LogP) is 3.79. The Morgan fingerprint density at radius 1 is 0.844 bits per heavy atom. The standard InChI is InChI=1S/C24H27BO7/c1-23(2)24(3,4)32-25(31-23)21-19(28-6)13-18-20(22(21)29-7)16(26)12-17(30-18)14-8-10-15(27-5)11-9-14/h8-13H,1-7H3. The van der Waals surface area contributed by atoms with E-state index in [9.17, 15) is 4.79 Å². The fraction of sp³-hybridized carbons (Fsp3) is 0.375. The fourth-order valence-electron chi connectivity index (χ4n) is 3.74. The lowest BCUT2D eigenvalue weighted by molar-refractivity contribution is 0.00578. The Labute approximate surface area is 187 Å². The third-order valence-corrected chi connectivity index (χ3v) is 6.26. The van der Waals surface area contributed by atoms with Crippen molar-refractivity contribution in [3.05, 3.63) is 46.6 Å². The summed E-state index contributed by atoms with van der Waals surface area (Å²) in [6.07, 6.45) is 0. The third-order valence-electron chi connectivity index (χ3n) is 6.26. The van der Waals surface area contributed by atoms with Crippen LogP contribution in [0.15, 0.2) is 45.6 Å². The minimum atomic E-state index is -0.769. The molecule has 32 heavy (non-hydrogen) atoms. The highest BCUT2D eigenvalue weighted by atomic mass is 16.7. The lowest BCUT2D eigenvalue weighted by Crippen LogP contribution is -2.41. The second kappa shape index (κ2) is 7.87. The fourth-order valence-corrected chi connectivity index (χ4v) is 3.74. The van der Waals surface area contributed by atoms with Gasteiger partial charge in [0, 0.05) is 17.7 Å². The molecule has 2 aromatic carbocycles. The number of rotatable bonds is 5. The van der Waals surface area contributed by atoms with E-state index in [0.717, 1.165) is 5.56 Å². The molecule has 1 fully saturated rings. The van der Waals surface area contributed by atoms with E-state index in [2.05, 4.69) is 0 Å². The Balaban J connectivity index is 1.91. The number of hydrogen-bond acceptors (Lipinski definition) is 7. The van der Waals surface area contributed by atoms with Gasteiger partial charge < -0.3 is 27.9 Å². The molecule has 0 unspecified atom stereocenters. The van der Waals surface area contributed by atoms with Crippen LogP contribution < -0.4 is 25.1 Å². The lowest BCUT2D eigenvalue weighted by atomic mass is 9.76. The number of benzene rings is 2. The summed E-state index contributed by atoms with van der Waals surface area (Å²) in [7, 11) is 3.87. The average Bonchev–Trinajstić information content (AvgIpc) is 2.98. The van der Waals surface area contributed by atoms with Gasteiger partial charge in [0.2, 0.25) is 0 Å². The van der Waals surface area contributed by atoms with Crippen molar-refractivity contribution in [2.24, 2.45) is 0 Å². The van der Waals surface area contributed by atoms with E-state index in [1.807, 2.05) is 52.0 Å². The largest absolute Gasteiger partial charge is 0.502 e. The van der Waals surface area contributed by atoms with Crippen LogP contribution in [0, 0.1) is 0 Å². The van der Waals surface area contributed by atoms with Gasteiger partial charge in [0.15, 0.2) is 5.43 Å². The zero-order chi connectivity index (χ0) is 23.3. The second-order valence-electron chi connectivity index (χ2n) is 8.69. The molecule has 1 saturated heterocycles. The Hall–Kier alpha value is -2.97. The first kappa shape index (κ1) is 22.2. The molecular formula is C24H27BO7. The Morgan fingerprint density at radius 2 is 1.47 bits per heavy atom. The van der Waals surface area contributed by atoms with Gasteiger partial charge in [-0.15, -0.1) is 0 Å². The van der Waals surface area contributed by atoms with Crippen LogP contribution in [0.2, 0.25) is 0 Å². The first-order valence-electron chi connectivity index (χ1n) is 10.3. The highest BCUT2D eigenvalue weighted by Gasteiger charge is 2.53. The van der Waals surface area contributed by atoms with E-state index in [0.29, 0.717) is 39.4 Å². The zero-order valence-corrected chi connectivity index (χ0v) is 19.4. The maximum absolute atomic E-state index is 13.2. The van der Waals surface area contributed by atoms with Crippen molar-refractivity contribution in [2.75, 3.05) is 21.3 Å². The molecule has 0 saturated carbocycles. The topological polar surface area (TPSA) is 76.4 Å². The van der Waals surface area contributed by atoms with Crippen LogP contribution in [0.25, 0.3) is 22.3 Å². The summed E-state index contributed by atoms with van der Waals surface area (Å²) in [5.41, 5.74) is 0.243. The van der Waals surface area contributed by atoms with Gasteiger partial charge in [-0.3, -0.25) is 4.79 Å². The maximum Gasteiger partial charge on any atom is 0.502 e. The van der Waals surface area contributed by atoms with Crippen LogP contribution in [0.4, 0.5) is 0 Å². The van der Waals surface area contributed by atoms with Gasteiger partial charge in [-0.25, -0.2) is 0 Å². The quantitative estimate of drug-likeness (QED) is 0.561. The molecule has 3 aromatic rings. The van der Waals surface area contributed by atoms with E-state index in [1.165, 1.54) is 13.2 Å². The molecule has 2 heterocycles. The molecule has 0 bridgehead atoms. The molecule has 168 valence electrons. The van der Waals surface area contributed by atoms with Gasteiger partial charge in [0.1, 0.15) is 34.0 Å². The molecule has 8 heteroatoms. The summed E-state index contributed by atoms with van der Waals surface area (Å²) >= 11 is 0. The highest BCUT2D eigenvalue weighted by molar-refractivity contribution is 6.64. The molecule has 7 nitrogen and oxygen atoms in total.